The molecule has 76 valence electrons. The molecule has 1 aromatic heterocycles. The van der Waals surface area contributed by atoms with Gasteiger partial charge in [0, 0.05) is 10.7 Å². The van der Waals surface area contributed by atoms with Crippen LogP contribution < -0.4 is 0 Å². The molecule has 0 aliphatic carbocycles. The minimum Gasteiger partial charge on any atom is -0.466 e. The van der Waals surface area contributed by atoms with Crippen molar-refractivity contribution in [1.29, 1.82) is 0 Å². The molecular formula is C9H9Br2NO2. The van der Waals surface area contributed by atoms with E-state index in [0.29, 0.717) is 11.2 Å². The molecule has 1 heterocycles. The highest BCUT2D eigenvalue weighted by atomic mass is 79.9. The number of carbonyl (C=O) groups excluding carboxylic acids is 1. The zero-order chi connectivity index (χ0) is 10.6. The predicted molar refractivity (Wildman–Crippen MR) is 60.0 cm³/mol. The topological polar surface area (TPSA) is 39.2 Å². The van der Waals surface area contributed by atoms with Gasteiger partial charge in [0.1, 0.15) is 4.60 Å². The van der Waals surface area contributed by atoms with Crippen LogP contribution in [-0.2, 0) is 16.0 Å². The Hall–Kier alpha value is -0.420. The zero-order valence-electron chi connectivity index (χ0n) is 7.59. The molecule has 0 fully saturated rings. The first kappa shape index (κ1) is 11.7. The van der Waals surface area contributed by atoms with E-state index in [1.165, 1.54) is 0 Å². The molecule has 3 nitrogen and oxygen atoms in total. The minimum absolute atomic E-state index is 0.230. The number of hydrogen-bond donors (Lipinski definition) is 0. The molecule has 1 aromatic rings. The summed E-state index contributed by atoms with van der Waals surface area (Å²) in [4.78, 5) is 15.2. The van der Waals surface area contributed by atoms with Crippen LogP contribution in [0.5, 0.6) is 0 Å². The van der Waals surface area contributed by atoms with Crippen LogP contribution in [0.3, 0.4) is 0 Å². The monoisotopic (exact) mass is 321 g/mol. The number of rotatable bonds is 3. The van der Waals surface area contributed by atoms with Gasteiger partial charge in [0.2, 0.25) is 0 Å². The van der Waals surface area contributed by atoms with Gasteiger partial charge in [0.15, 0.2) is 0 Å². The highest BCUT2D eigenvalue weighted by Gasteiger charge is 2.08. The van der Waals surface area contributed by atoms with Crippen molar-refractivity contribution in [3.63, 3.8) is 0 Å². The van der Waals surface area contributed by atoms with Crippen molar-refractivity contribution in [3.8, 4) is 0 Å². The number of hydrogen-bond acceptors (Lipinski definition) is 3. The number of halogens is 2. The molecular weight excluding hydrogens is 314 g/mol. The van der Waals surface area contributed by atoms with Crippen molar-refractivity contribution in [2.24, 2.45) is 0 Å². The van der Waals surface area contributed by atoms with Gasteiger partial charge in [-0.1, -0.05) is 0 Å². The third-order valence-corrected chi connectivity index (χ3v) is 2.69. The van der Waals surface area contributed by atoms with E-state index >= 15 is 0 Å². The van der Waals surface area contributed by atoms with Crippen molar-refractivity contribution >= 4 is 37.8 Å². The molecule has 0 atom stereocenters. The first-order valence-corrected chi connectivity index (χ1v) is 5.67. The molecule has 0 unspecified atom stereocenters. The normalized spacial score (nSPS) is 9.93. The van der Waals surface area contributed by atoms with Crippen molar-refractivity contribution < 1.29 is 9.53 Å². The summed E-state index contributed by atoms with van der Waals surface area (Å²) in [6.07, 6.45) is 1.91. The van der Waals surface area contributed by atoms with Gasteiger partial charge in [-0.15, -0.1) is 0 Å². The van der Waals surface area contributed by atoms with Crippen LogP contribution in [0.15, 0.2) is 21.3 Å². The molecule has 0 bridgehead atoms. The number of esters is 1. The SMILES string of the molecule is CCOC(=O)Cc1cc(Br)ncc1Br. The maximum Gasteiger partial charge on any atom is 0.310 e. The second kappa shape index (κ2) is 5.46. The fourth-order valence-electron chi connectivity index (χ4n) is 0.954. The summed E-state index contributed by atoms with van der Waals surface area (Å²) in [6.45, 7) is 2.19. The van der Waals surface area contributed by atoms with E-state index in [-0.39, 0.29) is 12.4 Å². The van der Waals surface area contributed by atoms with Gasteiger partial charge in [0.05, 0.1) is 13.0 Å². The molecule has 0 amide bonds. The van der Waals surface area contributed by atoms with E-state index in [1.807, 2.05) is 0 Å². The Labute approximate surface area is 99.1 Å². The highest BCUT2D eigenvalue weighted by Crippen LogP contribution is 2.19. The van der Waals surface area contributed by atoms with E-state index in [0.717, 1.165) is 10.0 Å². The lowest BCUT2D eigenvalue weighted by Crippen LogP contribution is -2.08. The number of nitrogens with zero attached hydrogens (tertiary/aromatic N) is 1. The Morgan fingerprint density at radius 2 is 2.29 bits per heavy atom. The highest BCUT2D eigenvalue weighted by molar-refractivity contribution is 9.11. The van der Waals surface area contributed by atoms with Crippen LogP contribution in [0.2, 0.25) is 0 Å². The van der Waals surface area contributed by atoms with Crippen LogP contribution in [0, 0.1) is 0 Å². The molecule has 0 aliphatic rings. The summed E-state index contributed by atoms with van der Waals surface area (Å²) in [5.74, 6) is -0.230. The van der Waals surface area contributed by atoms with Crippen LogP contribution in [0.25, 0.3) is 0 Å². The molecule has 5 heteroatoms. The Morgan fingerprint density at radius 3 is 2.93 bits per heavy atom. The first-order valence-electron chi connectivity index (χ1n) is 4.09. The fourth-order valence-corrected chi connectivity index (χ4v) is 1.69. The summed E-state index contributed by atoms with van der Waals surface area (Å²) in [6, 6.07) is 1.79. The number of carbonyl (C=O) groups is 1. The minimum atomic E-state index is -0.230. The Morgan fingerprint density at radius 1 is 1.57 bits per heavy atom. The fraction of sp³-hybridized carbons (Fsp3) is 0.333. The van der Waals surface area contributed by atoms with E-state index < -0.39 is 0 Å². The first-order chi connectivity index (χ1) is 6.63. The lowest BCUT2D eigenvalue weighted by atomic mass is 10.2. The Bertz CT molecular complexity index is 342. The second-order valence-corrected chi connectivity index (χ2v) is 4.25. The number of ether oxygens (including phenoxy) is 1. The lowest BCUT2D eigenvalue weighted by molar-refractivity contribution is -0.142. The van der Waals surface area contributed by atoms with Crippen LogP contribution in [-0.4, -0.2) is 17.6 Å². The standard InChI is InChI=1S/C9H9Br2NO2/c1-2-14-9(13)4-6-3-8(11)12-5-7(6)10/h3,5H,2,4H2,1H3. The molecule has 0 aromatic carbocycles. The van der Waals surface area contributed by atoms with E-state index in [4.69, 9.17) is 4.74 Å². The molecule has 0 saturated carbocycles. The molecule has 0 radical (unpaired) electrons. The third-order valence-electron chi connectivity index (χ3n) is 1.54. The second-order valence-electron chi connectivity index (χ2n) is 2.58. The summed E-state index contributed by atoms with van der Waals surface area (Å²) < 4.78 is 6.37. The molecule has 0 aliphatic heterocycles. The maximum absolute atomic E-state index is 11.2. The average molecular weight is 323 g/mol. The van der Waals surface area contributed by atoms with Crippen LogP contribution in [0.4, 0.5) is 0 Å². The van der Waals surface area contributed by atoms with Crippen molar-refractivity contribution in [2.45, 2.75) is 13.3 Å². The molecule has 0 saturated heterocycles. The summed E-state index contributed by atoms with van der Waals surface area (Å²) in [7, 11) is 0. The van der Waals surface area contributed by atoms with Gasteiger partial charge in [-0.3, -0.25) is 4.79 Å². The van der Waals surface area contributed by atoms with Crippen molar-refractivity contribution in [3.05, 3.63) is 26.9 Å². The quantitative estimate of drug-likeness (QED) is 0.634. The smallest absolute Gasteiger partial charge is 0.310 e. The van der Waals surface area contributed by atoms with Crippen molar-refractivity contribution in [1.82, 2.24) is 4.98 Å². The van der Waals surface area contributed by atoms with E-state index in [2.05, 4.69) is 36.8 Å². The van der Waals surface area contributed by atoms with Gasteiger partial charge in [-0.25, -0.2) is 4.98 Å². The van der Waals surface area contributed by atoms with Gasteiger partial charge < -0.3 is 4.74 Å². The summed E-state index contributed by atoms with van der Waals surface area (Å²) in [5.41, 5.74) is 0.866. The summed E-state index contributed by atoms with van der Waals surface area (Å²) >= 11 is 6.56. The van der Waals surface area contributed by atoms with Gasteiger partial charge in [-0.05, 0) is 50.4 Å². The van der Waals surface area contributed by atoms with Gasteiger partial charge in [-0.2, -0.15) is 0 Å². The zero-order valence-corrected chi connectivity index (χ0v) is 10.8. The molecule has 1 rings (SSSR count). The van der Waals surface area contributed by atoms with E-state index in [9.17, 15) is 4.79 Å². The van der Waals surface area contributed by atoms with Crippen LogP contribution in [0.1, 0.15) is 12.5 Å². The largest absolute Gasteiger partial charge is 0.466 e. The van der Waals surface area contributed by atoms with Gasteiger partial charge in [0.25, 0.3) is 0 Å². The molecule has 0 spiro atoms. The maximum atomic E-state index is 11.2. The van der Waals surface area contributed by atoms with Crippen molar-refractivity contribution in [2.75, 3.05) is 6.61 Å². The van der Waals surface area contributed by atoms with Gasteiger partial charge >= 0.3 is 5.97 Å². The molecule has 0 N–H and O–H groups in total. The Balaban J connectivity index is 2.75. The average Bonchev–Trinajstić information content (AvgIpc) is 2.12. The molecule has 14 heavy (non-hydrogen) atoms. The Kier molecular flexibility index (Phi) is 4.54. The van der Waals surface area contributed by atoms with Crippen LogP contribution >= 0.6 is 31.9 Å². The number of aromatic nitrogens is 1. The lowest BCUT2D eigenvalue weighted by Gasteiger charge is -2.04. The third kappa shape index (κ3) is 3.38. The predicted octanol–water partition coefficient (Wildman–Crippen LogP) is 2.71. The van der Waals surface area contributed by atoms with E-state index in [1.54, 1.807) is 19.2 Å². The number of pyridine rings is 1. The summed E-state index contributed by atoms with van der Waals surface area (Å²) in [5, 5.41) is 0.